The van der Waals surface area contributed by atoms with Gasteiger partial charge in [-0.15, -0.1) is 0 Å². The molecule has 1 aliphatic carbocycles. The highest BCUT2D eigenvalue weighted by Crippen LogP contribution is 2.40. The zero-order valence-electron chi connectivity index (χ0n) is 8.99. The molecule has 82 valence electrons. The van der Waals surface area contributed by atoms with Crippen LogP contribution in [0.2, 0.25) is 0 Å². The number of nitrogens with zero attached hydrogens (tertiary/aromatic N) is 2. The van der Waals surface area contributed by atoms with E-state index in [1.165, 1.54) is 31.5 Å². The molecule has 2 aliphatic rings. The van der Waals surface area contributed by atoms with Gasteiger partial charge in [0.2, 0.25) is 0 Å². The average Bonchev–Trinajstić information content (AvgIpc) is 2.89. The maximum absolute atomic E-state index is 8.97. The van der Waals surface area contributed by atoms with Crippen molar-refractivity contribution in [1.29, 1.82) is 5.26 Å². The van der Waals surface area contributed by atoms with E-state index in [0.717, 1.165) is 16.0 Å². The molecule has 0 spiro atoms. The van der Waals surface area contributed by atoms with Crippen molar-refractivity contribution in [1.82, 2.24) is 0 Å². The Balaban J connectivity index is 1.95. The Bertz CT molecular complexity index is 463. The van der Waals surface area contributed by atoms with E-state index in [9.17, 15) is 0 Å². The van der Waals surface area contributed by atoms with Gasteiger partial charge in [-0.3, -0.25) is 0 Å². The molecule has 0 amide bonds. The zero-order valence-corrected chi connectivity index (χ0v) is 10.6. The molecule has 1 heterocycles. The van der Waals surface area contributed by atoms with Crippen LogP contribution < -0.4 is 4.90 Å². The number of anilines is 1. The molecule has 2 bridgehead atoms. The molecule has 3 heteroatoms. The van der Waals surface area contributed by atoms with Crippen LogP contribution in [0.4, 0.5) is 5.69 Å². The Labute approximate surface area is 104 Å². The van der Waals surface area contributed by atoms with Gasteiger partial charge in [0.1, 0.15) is 0 Å². The van der Waals surface area contributed by atoms with Gasteiger partial charge in [0.15, 0.2) is 0 Å². The topological polar surface area (TPSA) is 27.0 Å². The van der Waals surface area contributed by atoms with Crippen molar-refractivity contribution in [2.45, 2.75) is 25.3 Å². The molecule has 3 rings (SSSR count). The number of rotatable bonds is 1. The summed E-state index contributed by atoms with van der Waals surface area (Å²) < 4.78 is 1.00. The van der Waals surface area contributed by atoms with Crippen LogP contribution in [0.3, 0.4) is 0 Å². The van der Waals surface area contributed by atoms with E-state index in [1.54, 1.807) is 0 Å². The van der Waals surface area contributed by atoms with Gasteiger partial charge in [0.25, 0.3) is 0 Å². The van der Waals surface area contributed by atoms with Gasteiger partial charge < -0.3 is 4.90 Å². The van der Waals surface area contributed by atoms with Crippen molar-refractivity contribution in [3.8, 4) is 6.07 Å². The largest absolute Gasteiger partial charge is 0.368 e. The second kappa shape index (κ2) is 3.78. The van der Waals surface area contributed by atoms with Crippen molar-refractivity contribution < 1.29 is 0 Å². The van der Waals surface area contributed by atoms with E-state index in [-0.39, 0.29) is 0 Å². The van der Waals surface area contributed by atoms with Crippen molar-refractivity contribution in [3.05, 3.63) is 28.2 Å². The fourth-order valence-electron chi connectivity index (χ4n) is 3.05. The quantitative estimate of drug-likeness (QED) is 0.787. The molecule has 16 heavy (non-hydrogen) atoms. The molecule has 0 aromatic heterocycles. The average molecular weight is 277 g/mol. The monoisotopic (exact) mass is 276 g/mol. The number of piperidine rings is 1. The van der Waals surface area contributed by atoms with Crippen molar-refractivity contribution in [2.24, 2.45) is 5.92 Å². The number of hydrogen-bond acceptors (Lipinski definition) is 2. The fraction of sp³-hybridized carbons (Fsp3) is 0.462. The lowest BCUT2D eigenvalue weighted by atomic mass is 10.1. The highest BCUT2D eigenvalue weighted by Gasteiger charge is 2.37. The van der Waals surface area contributed by atoms with Gasteiger partial charge in [-0.25, -0.2) is 0 Å². The molecular formula is C13H13BrN2. The van der Waals surface area contributed by atoms with E-state index in [0.29, 0.717) is 6.04 Å². The van der Waals surface area contributed by atoms with Gasteiger partial charge in [-0.05, 0) is 43.4 Å². The molecule has 1 aliphatic heterocycles. The van der Waals surface area contributed by atoms with Gasteiger partial charge in [-0.2, -0.15) is 5.26 Å². The summed E-state index contributed by atoms with van der Waals surface area (Å²) in [5.41, 5.74) is 1.95. The van der Waals surface area contributed by atoms with Crippen molar-refractivity contribution in [3.63, 3.8) is 0 Å². The van der Waals surface area contributed by atoms with Crippen LogP contribution in [0, 0.1) is 17.2 Å². The molecular weight excluding hydrogens is 264 g/mol. The number of fused-ring (bicyclic) bond motifs is 2. The summed E-state index contributed by atoms with van der Waals surface area (Å²) in [7, 11) is 0. The van der Waals surface area contributed by atoms with Crippen LogP contribution in [0.1, 0.15) is 24.8 Å². The third-order valence-corrected chi connectivity index (χ3v) is 4.21. The minimum atomic E-state index is 0.714. The summed E-state index contributed by atoms with van der Waals surface area (Å²) in [6, 6.07) is 8.94. The van der Waals surface area contributed by atoms with Gasteiger partial charge in [-0.1, -0.05) is 15.9 Å². The lowest BCUT2D eigenvalue weighted by molar-refractivity contribution is 0.553. The molecule has 2 nitrogen and oxygen atoms in total. The second-order valence-electron chi connectivity index (χ2n) is 4.80. The number of hydrogen-bond donors (Lipinski definition) is 0. The first-order chi connectivity index (χ1) is 7.76. The lowest BCUT2D eigenvalue weighted by Crippen LogP contribution is -2.31. The van der Waals surface area contributed by atoms with E-state index in [1.807, 2.05) is 12.1 Å². The van der Waals surface area contributed by atoms with E-state index >= 15 is 0 Å². The molecule has 0 radical (unpaired) electrons. The Kier molecular flexibility index (Phi) is 2.40. The summed E-state index contributed by atoms with van der Waals surface area (Å²) in [6.07, 6.45) is 4.05. The molecule has 1 saturated heterocycles. The second-order valence-corrected chi connectivity index (χ2v) is 5.71. The Morgan fingerprint density at radius 2 is 2.19 bits per heavy atom. The third-order valence-electron chi connectivity index (χ3n) is 3.75. The Morgan fingerprint density at radius 1 is 1.31 bits per heavy atom. The predicted octanol–water partition coefficient (Wildman–Crippen LogP) is 3.31. The Morgan fingerprint density at radius 3 is 2.81 bits per heavy atom. The van der Waals surface area contributed by atoms with Crippen molar-refractivity contribution >= 4 is 21.6 Å². The van der Waals surface area contributed by atoms with Gasteiger partial charge in [0.05, 0.1) is 11.6 Å². The van der Waals surface area contributed by atoms with E-state index in [2.05, 4.69) is 33.0 Å². The molecule has 2 atom stereocenters. The molecule has 1 aromatic carbocycles. The van der Waals surface area contributed by atoms with E-state index < -0.39 is 0 Å². The fourth-order valence-corrected chi connectivity index (χ4v) is 3.53. The smallest absolute Gasteiger partial charge is 0.0992 e. The van der Waals surface area contributed by atoms with Crippen LogP contribution in [-0.4, -0.2) is 12.6 Å². The van der Waals surface area contributed by atoms with Crippen LogP contribution in [0.25, 0.3) is 0 Å². The molecule has 1 saturated carbocycles. The molecule has 1 aromatic rings. The maximum atomic E-state index is 8.97. The number of benzene rings is 1. The molecule has 0 N–H and O–H groups in total. The Hall–Kier alpha value is -1.01. The first-order valence-electron chi connectivity index (χ1n) is 5.73. The minimum Gasteiger partial charge on any atom is -0.368 e. The van der Waals surface area contributed by atoms with E-state index in [4.69, 9.17) is 5.26 Å². The van der Waals surface area contributed by atoms with Crippen LogP contribution in [0.15, 0.2) is 22.7 Å². The maximum Gasteiger partial charge on any atom is 0.0992 e. The van der Waals surface area contributed by atoms with Gasteiger partial charge in [0, 0.05) is 22.7 Å². The summed E-state index contributed by atoms with van der Waals surface area (Å²) >= 11 is 3.48. The predicted molar refractivity (Wildman–Crippen MR) is 67.3 cm³/mol. The summed E-state index contributed by atoms with van der Waals surface area (Å²) in [5, 5.41) is 8.97. The lowest BCUT2D eigenvalue weighted by Gasteiger charge is -2.29. The standard InChI is InChI=1S/C13H13BrN2/c14-11-3-10(7-15)5-13(6-11)16-8-9-1-2-12(16)4-9/h3,5-6,9,12H,1-2,4,8H2. The first kappa shape index (κ1) is 10.2. The zero-order chi connectivity index (χ0) is 11.1. The normalized spacial score (nSPS) is 27.1. The summed E-state index contributed by atoms with van der Waals surface area (Å²) in [4.78, 5) is 2.47. The third kappa shape index (κ3) is 1.62. The first-order valence-corrected chi connectivity index (χ1v) is 6.53. The van der Waals surface area contributed by atoms with Crippen molar-refractivity contribution in [2.75, 3.05) is 11.4 Å². The summed E-state index contributed by atoms with van der Waals surface area (Å²) in [5.74, 6) is 0.884. The number of nitriles is 1. The van der Waals surface area contributed by atoms with Gasteiger partial charge >= 0.3 is 0 Å². The van der Waals surface area contributed by atoms with Crippen LogP contribution in [0.5, 0.6) is 0 Å². The summed E-state index contributed by atoms with van der Waals surface area (Å²) in [6.45, 7) is 1.17. The highest BCUT2D eigenvalue weighted by molar-refractivity contribution is 9.10. The SMILES string of the molecule is N#Cc1cc(Br)cc(N2CC3CCC2C3)c1. The van der Waals surface area contributed by atoms with Crippen LogP contribution in [-0.2, 0) is 0 Å². The van der Waals surface area contributed by atoms with Crippen LogP contribution >= 0.6 is 15.9 Å². The minimum absolute atomic E-state index is 0.714. The molecule has 2 unspecified atom stereocenters. The number of halogens is 1. The highest BCUT2D eigenvalue weighted by atomic mass is 79.9. The molecule has 2 fully saturated rings.